The number of aliphatic hydroxyl groups is 1. The number of hydrogen-bond acceptors (Lipinski definition) is 4. The lowest BCUT2D eigenvalue weighted by Crippen LogP contribution is -2.12. The van der Waals surface area contributed by atoms with Gasteiger partial charge in [-0.3, -0.25) is 0 Å². The predicted octanol–water partition coefficient (Wildman–Crippen LogP) is 1.93. The van der Waals surface area contributed by atoms with Gasteiger partial charge in [0, 0.05) is 17.7 Å². The molecule has 0 atom stereocenters. The van der Waals surface area contributed by atoms with Gasteiger partial charge >= 0.3 is 0 Å². The van der Waals surface area contributed by atoms with Gasteiger partial charge in [0.05, 0.1) is 19.0 Å². The van der Waals surface area contributed by atoms with Gasteiger partial charge in [0.1, 0.15) is 15.6 Å². The Morgan fingerprint density at radius 3 is 2.71 bits per heavy atom. The molecule has 0 bridgehead atoms. The highest BCUT2D eigenvalue weighted by molar-refractivity contribution is 7.91. The van der Waals surface area contributed by atoms with Gasteiger partial charge < -0.3 is 9.84 Å². The van der Waals surface area contributed by atoms with Crippen molar-refractivity contribution in [1.29, 1.82) is 0 Å². The summed E-state index contributed by atoms with van der Waals surface area (Å²) in [5.74, 6) is 6.91. The summed E-state index contributed by atoms with van der Waals surface area (Å²) in [6, 6.07) is 5.62. The number of rotatable bonds is 7. The molecule has 0 unspecified atom stereocenters. The van der Waals surface area contributed by atoms with Crippen molar-refractivity contribution in [2.45, 2.75) is 26.7 Å². The fraction of sp³-hybridized carbons (Fsp3) is 0.500. The maximum atomic E-state index is 11.4. The fourth-order valence-electron chi connectivity index (χ4n) is 1.71. The minimum Gasteiger partial charge on any atom is -0.493 e. The molecule has 0 aliphatic heterocycles. The summed E-state index contributed by atoms with van der Waals surface area (Å²) >= 11 is 0. The Bertz CT molecular complexity index is 609. The van der Waals surface area contributed by atoms with E-state index in [1.54, 1.807) is 6.92 Å². The minimum absolute atomic E-state index is 0.0633. The van der Waals surface area contributed by atoms with E-state index in [-0.39, 0.29) is 18.1 Å². The molecule has 0 saturated heterocycles. The van der Waals surface area contributed by atoms with Crippen LogP contribution in [0.3, 0.4) is 0 Å². The number of sulfone groups is 1. The van der Waals surface area contributed by atoms with Crippen LogP contribution in [0.5, 0.6) is 5.75 Å². The van der Waals surface area contributed by atoms with Gasteiger partial charge in [-0.1, -0.05) is 18.8 Å². The summed E-state index contributed by atoms with van der Waals surface area (Å²) in [5, 5.41) is 8.67. The van der Waals surface area contributed by atoms with Crippen LogP contribution in [0.1, 0.15) is 30.9 Å². The summed E-state index contributed by atoms with van der Waals surface area (Å²) in [5.41, 5.74) is 1.84. The molecule has 0 fully saturated rings. The quantitative estimate of drug-likeness (QED) is 0.617. The van der Waals surface area contributed by atoms with Crippen LogP contribution in [0.15, 0.2) is 18.2 Å². The van der Waals surface area contributed by atoms with Gasteiger partial charge in [-0.25, -0.2) is 8.42 Å². The molecule has 1 N–H and O–H groups in total. The zero-order valence-electron chi connectivity index (χ0n) is 12.6. The molecule has 0 saturated carbocycles. The van der Waals surface area contributed by atoms with Gasteiger partial charge in [0.25, 0.3) is 0 Å². The van der Waals surface area contributed by atoms with Crippen LogP contribution in [0, 0.1) is 18.8 Å². The highest BCUT2D eigenvalue weighted by Gasteiger charge is 2.07. The number of aliphatic hydroxyl groups excluding tert-OH is 1. The molecule has 0 aromatic heterocycles. The lowest BCUT2D eigenvalue weighted by atomic mass is 10.1. The Balaban J connectivity index is 2.52. The molecule has 4 nitrogen and oxygen atoms in total. The molecular formula is C16H22O4S. The number of benzene rings is 1. The molecule has 1 rings (SSSR count). The van der Waals surface area contributed by atoms with Gasteiger partial charge in [-0.15, -0.1) is 0 Å². The van der Waals surface area contributed by atoms with Crippen molar-refractivity contribution in [2.24, 2.45) is 0 Å². The first-order valence-electron chi connectivity index (χ1n) is 7.02. The van der Waals surface area contributed by atoms with E-state index in [1.165, 1.54) is 0 Å². The van der Waals surface area contributed by atoms with Crippen molar-refractivity contribution in [3.63, 3.8) is 0 Å². The maximum absolute atomic E-state index is 11.4. The Morgan fingerprint density at radius 2 is 2.10 bits per heavy atom. The van der Waals surface area contributed by atoms with E-state index in [2.05, 4.69) is 11.8 Å². The van der Waals surface area contributed by atoms with Crippen LogP contribution >= 0.6 is 0 Å². The third-order valence-corrected chi connectivity index (χ3v) is 4.73. The normalized spacial score (nSPS) is 10.8. The molecule has 5 heteroatoms. The topological polar surface area (TPSA) is 63.6 Å². The summed E-state index contributed by atoms with van der Waals surface area (Å²) in [6.45, 7) is 4.02. The molecular weight excluding hydrogens is 288 g/mol. The minimum atomic E-state index is -2.92. The van der Waals surface area contributed by atoms with Crippen molar-refractivity contribution in [3.8, 4) is 17.6 Å². The number of ether oxygens (including phenoxy) is 1. The van der Waals surface area contributed by atoms with E-state index >= 15 is 0 Å². The first-order chi connectivity index (χ1) is 9.98. The van der Waals surface area contributed by atoms with E-state index in [9.17, 15) is 8.42 Å². The maximum Gasteiger partial charge on any atom is 0.150 e. The zero-order chi connectivity index (χ0) is 15.7. The molecule has 0 radical (unpaired) electrons. The molecule has 21 heavy (non-hydrogen) atoms. The predicted molar refractivity (Wildman–Crippen MR) is 84.2 cm³/mol. The Morgan fingerprint density at radius 1 is 1.33 bits per heavy atom. The van der Waals surface area contributed by atoms with Gasteiger partial charge in [0.2, 0.25) is 0 Å². The SMILES string of the molecule is CCS(=O)(=O)CCCOc1ccc(C#CCCO)cc1C. The van der Waals surface area contributed by atoms with Gasteiger partial charge in [-0.2, -0.15) is 0 Å². The summed E-state index contributed by atoms with van der Waals surface area (Å²) < 4.78 is 28.3. The van der Waals surface area contributed by atoms with Crippen LogP contribution in [0.2, 0.25) is 0 Å². The highest BCUT2D eigenvalue weighted by atomic mass is 32.2. The van der Waals surface area contributed by atoms with Crippen LogP contribution in [-0.2, 0) is 9.84 Å². The molecule has 0 spiro atoms. The summed E-state index contributed by atoms with van der Waals surface area (Å²) in [6.07, 6.45) is 0.955. The van der Waals surface area contributed by atoms with Gasteiger partial charge in [-0.05, 0) is 37.1 Å². The first kappa shape index (κ1) is 17.5. The van der Waals surface area contributed by atoms with Crippen LogP contribution in [-0.4, -0.2) is 38.2 Å². The lowest BCUT2D eigenvalue weighted by molar-refractivity contribution is 0.305. The number of hydrogen-bond donors (Lipinski definition) is 1. The van der Waals surface area contributed by atoms with E-state index in [0.29, 0.717) is 19.4 Å². The third-order valence-electron chi connectivity index (χ3n) is 2.94. The standard InChI is InChI=1S/C16H22O4S/c1-3-21(18,19)12-6-11-20-16-9-8-15(13-14(16)2)7-4-5-10-17/h8-9,13,17H,3,5-6,10-12H2,1-2H3. The third kappa shape index (κ3) is 6.65. The Labute approximate surface area is 127 Å². The largest absolute Gasteiger partial charge is 0.493 e. The van der Waals surface area contributed by atoms with E-state index < -0.39 is 9.84 Å². The van der Waals surface area contributed by atoms with Crippen molar-refractivity contribution in [1.82, 2.24) is 0 Å². The molecule has 0 amide bonds. The van der Waals surface area contributed by atoms with E-state index in [4.69, 9.17) is 9.84 Å². The highest BCUT2D eigenvalue weighted by Crippen LogP contribution is 2.19. The van der Waals surface area contributed by atoms with E-state index in [1.807, 2.05) is 25.1 Å². The second-order valence-electron chi connectivity index (χ2n) is 4.69. The zero-order valence-corrected chi connectivity index (χ0v) is 13.4. The van der Waals surface area contributed by atoms with Crippen molar-refractivity contribution >= 4 is 9.84 Å². The molecule has 0 aliphatic carbocycles. The van der Waals surface area contributed by atoms with Crippen LogP contribution in [0.25, 0.3) is 0 Å². The van der Waals surface area contributed by atoms with Crippen molar-refractivity contribution < 1.29 is 18.3 Å². The molecule has 1 aromatic carbocycles. The molecule has 1 aromatic rings. The molecule has 0 aliphatic rings. The van der Waals surface area contributed by atoms with Gasteiger partial charge in [0.15, 0.2) is 0 Å². The average molecular weight is 310 g/mol. The molecule has 0 heterocycles. The smallest absolute Gasteiger partial charge is 0.150 e. The summed E-state index contributed by atoms with van der Waals surface area (Å²) in [4.78, 5) is 0. The average Bonchev–Trinajstić information content (AvgIpc) is 2.45. The fourth-order valence-corrected chi connectivity index (χ4v) is 2.56. The Kier molecular flexibility index (Phi) is 7.27. The second-order valence-corrected chi connectivity index (χ2v) is 7.17. The number of aryl methyl sites for hydroxylation is 1. The van der Waals surface area contributed by atoms with Crippen molar-refractivity contribution in [2.75, 3.05) is 24.7 Å². The first-order valence-corrected chi connectivity index (χ1v) is 8.84. The monoisotopic (exact) mass is 310 g/mol. The van der Waals surface area contributed by atoms with Crippen molar-refractivity contribution in [3.05, 3.63) is 29.3 Å². The summed E-state index contributed by atoms with van der Waals surface area (Å²) in [7, 11) is -2.92. The van der Waals surface area contributed by atoms with Crippen LogP contribution < -0.4 is 4.74 Å². The Hall–Kier alpha value is -1.51. The lowest BCUT2D eigenvalue weighted by Gasteiger charge is -2.09. The second kappa shape index (κ2) is 8.71. The van der Waals surface area contributed by atoms with E-state index in [0.717, 1.165) is 16.9 Å². The molecule has 116 valence electrons. The van der Waals surface area contributed by atoms with Crippen LogP contribution in [0.4, 0.5) is 0 Å².